The molecule has 0 aliphatic rings. The molecular formula is C26H24ClN3O2. The molecule has 3 aromatic carbocycles. The highest BCUT2D eigenvalue weighted by Crippen LogP contribution is 2.20. The van der Waals surface area contributed by atoms with Crippen LogP contribution in [0.25, 0.3) is 0 Å². The van der Waals surface area contributed by atoms with E-state index in [-0.39, 0.29) is 12.0 Å². The van der Waals surface area contributed by atoms with Gasteiger partial charge in [0.25, 0.3) is 5.91 Å². The van der Waals surface area contributed by atoms with E-state index in [1.165, 1.54) is 5.56 Å². The molecule has 1 heterocycles. The zero-order chi connectivity index (χ0) is 22.2. The van der Waals surface area contributed by atoms with E-state index in [0.29, 0.717) is 12.1 Å². The lowest BCUT2D eigenvalue weighted by Crippen LogP contribution is -2.23. The van der Waals surface area contributed by atoms with Crippen LogP contribution in [-0.4, -0.2) is 21.6 Å². The van der Waals surface area contributed by atoms with Crippen molar-refractivity contribution in [1.82, 2.24) is 9.55 Å². The first-order valence-corrected chi connectivity index (χ1v) is 10.9. The highest BCUT2D eigenvalue weighted by molar-refractivity contribution is 6.30. The lowest BCUT2D eigenvalue weighted by Gasteiger charge is -2.20. The Bertz CT molecular complexity index is 1110. The molecule has 6 heteroatoms. The van der Waals surface area contributed by atoms with Crippen LogP contribution in [0.2, 0.25) is 5.02 Å². The molecule has 1 N–H and O–H groups in total. The zero-order valence-corrected chi connectivity index (χ0v) is 18.3. The summed E-state index contributed by atoms with van der Waals surface area (Å²) in [4.78, 5) is 16.5. The van der Waals surface area contributed by atoms with Crippen LogP contribution in [0.5, 0.6) is 5.75 Å². The maximum absolute atomic E-state index is 12.3. The smallest absolute Gasteiger partial charge is 0.255 e. The minimum Gasteiger partial charge on any atom is -0.489 e. The molecule has 5 nitrogen and oxygen atoms in total. The van der Waals surface area contributed by atoms with Crippen molar-refractivity contribution >= 4 is 23.2 Å². The van der Waals surface area contributed by atoms with Crippen molar-refractivity contribution in [1.29, 1.82) is 0 Å². The van der Waals surface area contributed by atoms with Gasteiger partial charge in [-0.2, -0.15) is 0 Å². The number of nitrogens with one attached hydrogen (secondary N) is 1. The summed E-state index contributed by atoms with van der Waals surface area (Å²) in [7, 11) is 0. The van der Waals surface area contributed by atoms with Crippen LogP contribution in [0.3, 0.4) is 0 Å². The molecule has 4 aromatic rings. The summed E-state index contributed by atoms with van der Waals surface area (Å²) in [5, 5.41) is 3.64. The van der Waals surface area contributed by atoms with Gasteiger partial charge in [0, 0.05) is 28.7 Å². The number of anilines is 1. The number of benzene rings is 3. The Hall–Kier alpha value is -3.57. The predicted molar refractivity (Wildman–Crippen MR) is 127 cm³/mol. The van der Waals surface area contributed by atoms with E-state index in [0.717, 1.165) is 29.3 Å². The van der Waals surface area contributed by atoms with Gasteiger partial charge in [0.15, 0.2) is 0 Å². The molecule has 0 aliphatic carbocycles. The first-order chi connectivity index (χ1) is 15.7. The third-order valence-electron chi connectivity index (χ3n) is 5.09. The van der Waals surface area contributed by atoms with Crippen molar-refractivity contribution < 1.29 is 9.53 Å². The van der Waals surface area contributed by atoms with Gasteiger partial charge in [-0.3, -0.25) is 4.79 Å². The number of hydrogen-bond acceptors (Lipinski definition) is 3. The van der Waals surface area contributed by atoms with Gasteiger partial charge < -0.3 is 14.6 Å². The molecule has 162 valence electrons. The Morgan fingerprint density at radius 3 is 2.44 bits per heavy atom. The van der Waals surface area contributed by atoms with Crippen LogP contribution < -0.4 is 10.1 Å². The highest BCUT2D eigenvalue weighted by atomic mass is 35.5. The summed E-state index contributed by atoms with van der Waals surface area (Å²) in [6, 6.07) is 24.5. The average molecular weight is 446 g/mol. The second-order valence-corrected chi connectivity index (χ2v) is 7.95. The van der Waals surface area contributed by atoms with E-state index in [2.05, 4.69) is 10.3 Å². The SMILES string of the molecule is O=C(Nc1ccc(OC(CCc2ccc(Cl)cc2)Cn2ccnc2)cc1)c1ccccc1. The average Bonchev–Trinajstić information content (AvgIpc) is 3.33. The number of carbonyl (C=O) groups is 1. The van der Waals surface area contributed by atoms with E-state index in [4.69, 9.17) is 16.3 Å². The molecule has 1 amide bonds. The molecule has 0 radical (unpaired) electrons. The number of nitrogens with zero attached hydrogens (tertiary/aromatic N) is 2. The fraction of sp³-hybridized carbons (Fsp3) is 0.154. The first kappa shape index (κ1) is 21.7. The molecular weight excluding hydrogens is 422 g/mol. The van der Waals surface area contributed by atoms with Crippen molar-refractivity contribution in [3.05, 3.63) is 114 Å². The van der Waals surface area contributed by atoms with Gasteiger partial charge in [0.2, 0.25) is 0 Å². The van der Waals surface area contributed by atoms with Crippen molar-refractivity contribution in [2.75, 3.05) is 5.32 Å². The zero-order valence-electron chi connectivity index (χ0n) is 17.5. The number of aryl methyl sites for hydroxylation is 1. The maximum Gasteiger partial charge on any atom is 0.255 e. The number of ether oxygens (including phenoxy) is 1. The number of aromatic nitrogens is 2. The van der Waals surface area contributed by atoms with Gasteiger partial charge in [-0.25, -0.2) is 4.98 Å². The van der Waals surface area contributed by atoms with E-state index in [1.54, 1.807) is 24.7 Å². The lowest BCUT2D eigenvalue weighted by atomic mass is 10.1. The van der Waals surface area contributed by atoms with Gasteiger partial charge in [-0.1, -0.05) is 41.9 Å². The van der Waals surface area contributed by atoms with Crippen LogP contribution in [0.1, 0.15) is 22.3 Å². The number of imidazole rings is 1. The second kappa shape index (κ2) is 10.6. The summed E-state index contributed by atoms with van der Waals surface area (Å²) in [6.45, 7) is 0.695. The molecule has 0 saturated heterocycles. The predicted octanol–water partition coefficient (Wildman–Crippen LogP) is 5.87. The third kappa shape index (κ3) is 6.22. The van der Waals surface area contributed by atoms with Crippen LogP contribution in [-0.2, 0) is 13.0 Å². The molecule has 0 saturated carbocycles. The Balaban J connectivity index is 1.39. The number of carbonyl (C=O) groups excluding carboxylic acids is 1. The van der Waals surface area contributed by atoms with Crippen LogP contribution in [0.15, 0.2) is 97.6 Å². The van der Waals surface area contributed by atoms with Crippen LogP contribution >= 0.6 is 11.6 Å². The molecule has 0 spiro atoms. The number of hydrogen-bond donors (Lipinski definition) is 1. The van der Waals surface area contributed by atoms with Crippen molar-refractivity contribution in [3.8, 4) is 5.75 Å². The standard InChI is InChI=1S/C26H24ClN3O2/c27-22-9-6-20(7-10-22)8-13-25(18-30-17-16-28-19-30)32-24-14-11-23(12-15-24)29-26(31)21-4-2-1-3-5-21/h1-7,9-12,14-17,19,25H,8,13,18H2,(H,29,31). The van der Waals surface area contributed by atoms with Gasteiger partial charge in [0.1, 0.15) is 11.9 Å². The minimum absolute atomic E-state index is 0.0374. The molecule has 0 aliphatic heterocycles. The Kier molecular flexibility index (Phi) is 7.20. The van der Waals surface area contributed by atoms with E-state index in [1.807, 2.05) is 77.5 Å². The highest BCUT2D eigenvalue weighted by Gasteiger charge is 2.13. The summed E-state index contributed by atoms with van der Waals surface area (Å²) in [6.07, 6.45) is 7.17. The normalized spacial score (nSPS) is 11.7. The van der Waals surface area contributed by atoms with E-state index >= 15 is 0 Å². The monoisotopic (exact) mass is 445 g/mol. The topological polar surface area (TPSA) is 56.1 Å². The van der Waals surface area contributed by atoms with E-state index < -0.39 is 0 Å². The van der Waals surface area contributed by atoms with Gasteiger partial charge >= 0.3 is 0 Å². The van der Waals surface area contributed by atoms with Gasteiger partial charge in [0.05, 0.1) is 12.9 Å². The number of halogens is 1. The molecule has 1 unspecified atom stereocenters. The van der Waals surface area contributed by atoms with E-state index in [9.17, 15) is 4.79 Å². The molecule has 0 bridgehead atoms. The van der Waals surface area contributed by atoms with Gasteiger partial charge in [-0.05, 0) is 66.9 Å². The Morgan fingerprint density at radius 2 is 1.75 bits per heavy atom. The molecule has 1 aromatic heterocycles. The second-order valence-electron chi connectivity index (χ2n) is 7.51. The van der Waals surface area contributed by atoms with Gasteiger partial charge in [-0.15, -0.1) is 0 Å². The maximum atomic E-state index is 12.3. The minimum atomic E-state index is -0.139. The molecule has 0 fully saturated rings. The van der Waals surface area contributed by atoms with Crippen molar-refractivity contribution in [2.24, 2.45) is 0 Å². The summed E-state index contributed by atoms with van der Waals surface area (Å²) < 4.78 is 8.31. The summed E-state index contributed by atoms with van der Waals surface area (Å²) in [5.74, 6) is 0.615. The van der Waals surface area contributed by atoms with Crippen LogP contribution in [0, 0.1) is 0 Å². The lowest BCUT2D eigenvalue weighted by molar-refractivity contribution is 0.102. The summed E-state index contributed by atoms with van der Waals surface area (Å²) >= 11 is 5.99. The quantitative estimate of drug-likeness (QED) is 0.350. The largest absolute Gasteiger partial charge is 0.489 e. The fourth-order valence-corrected chi connectivity index (χ4v) is 3.52. The fourth-order valence-electron chi connectivity index (χ4n) is 3.40. The molecule has 32 heavy (non-hydrogen) atoms. The first-order valence-electron chi connectivity index (χ1n) is 10.5. The summed E-state index contributed by atoms with van der Waals surface area (Å²) in [5.41, 5.74) is 2.56. The molecule has 1 atom stereocenters. The number of rotatable bonds is 9. The Morgan fingerprint density at radius 1 is 1.00 bits per heavy atom. The number of amides is 1. The van der Waals surface area contributed by atoms with Crippen molar-refractivity contribution in [2.45, 2.75) is 25.5 Å². The Labute approximate surface area is 192 Å². The molecule has 4 rings (SSSR count). The third-order valence-corrected chi connectivity index (χ3v) is 5.34. The van der Waals surface area contributed by atoms with Crippen LogP contribution in [0.4, 0.5) is 5.69 Å². The van der Waals surface area contributed by atoms with Crippen molar-refractivity contribution in [3.63, 3.8) is 0 Å².